The van der Waals surface area contributed by atoms with Gasteiger partial charge in [0.2, 0.25) is 0 Å². The van der Waals surface area contributed by atoms with Crippen molar-refractivity contribution >= 4 is 0 Å². The molecule has 1 fully saturated rings. The Morgan fingerprint density at radius 3 is 2.47 bits per heavy atom. The third kappa shape index (κ3) is 6.10. The molecule has 0 N–H and O–H groups in total. The Hall–Kier alpha value is -0.160. The zero-order valence-corrected chi connectivity index (χ0v) is 9.78. The summed E-state index contributed by atoms with van der Waals surface area (Å²) in [6.07, 6.45) is 1.65. The molecule has 90 valence electrons. The predicted molar refractivity (Wildman–Crippen MR) is 58.9 cm³/mol. The van der Waals surface area contributed by atoms with Crippen LogP contribution in [0.4, 0.5) is 0 Å². The zero-order chi connectivity index (χ0) is 10.9. The topological polar surface area (TPSA) is 38.8 Å². The Kier molecular flexibility index (Phi) is 6.92. The van der Waals surface area contributed by atoms with E-state index in [1.54, 1.807) is 0 Å². The largest absolute Gasteiger partial charge is 0.854 e. The molecule has 1 heterocycles. The normalized spacial score (nSPS) is 19.6. The smallest absolute Gasteiger partial charge is 0.0593 e. The Bertz CT molecular complexity index is 148. The van der Waals surface area contributed by atoms with Gasteiger partial charge in [0.05, 0.1) is 6.61 Å². The fourth-order valence-corrected chi connectivity index (χ4v) is 1.67. The zero-order valence-electron chi connectivity index (χ0n) is 9.78. The van der Waals surface area contributed by atoms with Gasteiger partial charge in [-0.15, -0.1) is 6.61 Å². The number of hydrogen-bond acceptors (Lipinski definition) is 4. The molecule has 4 nitrogen and oxygen atoms in total. The molecule has 0 bridgehead atoms. The molecular formula is C11H23N2O2-. The third-order valence-corrected chi connectivity index (χ3v) is 2.83. The number of rotatable bonds is 7. The Morgan fingerprint density at radius 2 is 1.80 bits per heavy atom. The molecule has 0 spiro atoms. The van der Waals surface area contributed by atoms with E-state index in [1.165, 1.54) is 0 Å². The van der Waals surface area contributed by atoms with Crippen LogP contribution in [0.15, 0.2) is 0 Å². The van der Waals surface area contributed by atoms with Gasteiger partial charge in [0.25, 0.3) is 0 Å². The van der Waals surface area contributed by atoms with Crippen LogP contribution in [0.25, 0.3) is 0 Å². The molecule has 0 aromatic carbocycles. The van der Waals surface area contributed by atoms with E-state index in [1.807, 2.05) is 0 Å². The van der Waals surface area contributed by atoms with Crippen molar-refractivity contribution in [2.24, 2.45) is 0 Å². The van der Waals surface area contributed by atoms with Gasteiger partial charge in [-0.05, 0) is 13.5 Å². The summed E-state index contributed by atoms with van der Waals surface area (Å²) in [4.78, 5) is 4.79. The fourth-order valence-electron chi connectivity index (χ4n) is 1.67. The van der Waals surface area contributed by atoms with Crippen LogP contribution in [-0.2, 0) is 4.74 Å². The first kappa shape index (κ1) is 12.9. The molecule has 4 heteroatoms. The van der Waals surface area contributed by atoms with Gasteiger partial charge in [-0.2, -0.15) is 0 Å². The molecule has 0 radical (unpaired) electrons. The van der Waals surface area contributed by atoms with Gasteiger partial charge in [-0.3, -0.25) is 4.90 Å². The summed E-state index contributed by atoms with van der Waals surface area (Å²) in [6.45, 7) is 7.25. The van der Waals surface area contributed by atoms with Crippen LogP contribution in [-0.4, -0.2) is 69.4 Å². The molecular weight excluding hydrogens is 192 g/mol. The highest BCUT2D eigenvalue weighted by Crippen LogP contribution is 1.98. The average Bonchev–Trinajstić information content (AvgIpc) is 2.26. The minimum absolute atomic E-state index is 0.0296. The first-order valence-corrected chi connectivity index (χ1v) is 5.89. The summed E-state index contributed by atoms with van der Waals surface area (Å²) in [5.74, 6) is 0. The van der Waals surface area contributed by atoms with E-state index in [-0.39, 0.29) is 6.61 Å². The monoisotopic (exact) mass is 215 g/mol. The SMILES string of the molecule is CN1CCN(CCOCCCC[O-])CC1. The quantitative estimate of drug-likeness (QED) is 0.531. The lowest BCUT2D eigenvalue weighted by Crippen LogP contribution is -2.45. The van der Waals surface area contributed by atoms with Crippen LogP contribution < -0.4 is 5.11 Å². The molecule has 1 aliphatic heterocycles. The van der Waals surface area contributed by atoms with Gasteiger partial charge in [0.1, 0.15) is 0 Å². The Balaban J connectivity index is 1.87. The minimum atomic E-state index is 0.0296. The van der Waals surface area contributed by atoms with Gasteiger partial charge >= 0.3 is 0 Å². The van der Waals surface area contributed by atoms with Crippen LogP contribution in [0.1, 0.15) is 12.8 Å². The summed E-state index contributed by atoms with van der Waals surface area (Å²) in [5.41, 5.74) is 0. The molecule has 1 rings (SSSR count). The fraction of sp³-hybridized carbons (Fsp3) is 1.00. The summed E-state index contributed by atoms with van der Waals surface area (Å²) in [5, 5.41) is 10.2. The van der Waals surface area contributed by atoms with E-state index >= 15 is 0 Å². The van der Waals surface area contributed by atoms with Crippen molar-refractivity contribution in [3.05, 3.63) is 0 Å². The highest BCUT2D eigenvalue weighted by Gasteiger charge is 2.12. The third-order valence-electron chi connectivity index (χ3n) is 2.83. The average molecular weight is 215 g/mol. The van der Waals surface area contributed by atoms with Gasteiger partial charge in [-0.25, -0.2) is 0 Å². The van der Waals surface area contributed by atoms with Crippen LogP contribution in [0.5, 0.6) is 0 Å². The van der Waals surface area contributed by atoms with Crippen LogP contribution >= 0.6 is 0 Å². The Labute approximate surface area is 92.8 Å². The number of unbranched alkanes of at least 4 members (excludes halogenated alkanes) is 1. The number of likely N-dealkylation sites (N-methyl/N-ethyl adjacent to an activating group) is 1. The van der Waals surface area contributed by atoms with Gasteiger partial charge in [0, 0.05) is 39.3 Å². The first-order valence-electron chi connectivity index (χ1n) is 5.89. The lowest BCUT2D eigenvalue weighted by atomic mass is 10.3. The van der Waals surface area contributed by atoms with Crippen molar-refractivity contribution in [3.63, 3.8) is 0 Å². The molecule has 15 heavy (non-hydrogen) atoms. The van der Waals surface area contributed by atoms with E-state index in [0.717, 1.165) is 58.8 Å². The molecule has 0 amide bonds. The molecule has 0 saturated carbocycles. The van der Waals surface area contributed by atoms with Gasteiger partial charge in [0.15, 0.2) is 0 Å². The lowest BCUT2D eigenvalue weighted by Gasteiger charge is -2.32. The number of hydrogen-bond donors (Lipinski definition) is 0. The molecule has 1 saturated heterocycles. The van der Waals surface area contributed by atoms with Crippen molar-refractivity contribution < 1.29 is 9.84 Å². The summed E-state index contributed by atoms with van der Waals surface area (Å²) < 4.78 is 5.47. The predicted octanol–water partition coefficient (Wildman–Crippen LogP) is -0.609. The highest BCUT2D eigenvalue weighted by molar-refractivity contribution is 4.68. The summed E-state index contributed by atoms with van der Waals surface area (Å²) in [7, 11) is 2.16. The molecule has 1 aliphatic rings. The maximum atomic E-state index is 10.2. The number of ether oxygens (including phenoxy) is 1. The van der Waals surface area contributed by atoms with Crippen molar-refractivity contribution in [1.29, 1.82) is 0 Å². The first-order chi connectivity index (χ1) is 7.33. The van der Waals surface area contributed by atoms with Gasteiger partial charge in [-0.1, -0.05) is 6.42 Å². The standard InChI is InChI=1S/C11H23N2O2/c1-12-4-6-13(7-5-12)8-11-15-10-3-2-9-14/h2-11H2,1H3/q-1. The van der Waals surface area contributed by atoms with Gasteiger partial charge < -0.3 is 14.7 Å². The summed E-state index contributed by atoms with van der Waals surface area (Å²) in [6, 6.07) is 0. The van der Waals surface area contributed by atoms with Crippen molar-refractivity contribution in [1.82, 2.24) is 9.80 Å². The molecule has 0 atom stereocenters. The van der Waals surface area contributed by atoms with E-state index in [9.17, 15) is 5.11 Å². The van der Waals surface area contributed by atoms with E-state index in [0.29, 0.717) is 0 Å². The molecule has 0 unspecified atom stereocenters. The second-order valence-corrected chi connectivity index (χ2v) is 4.17. The lowest BCUT2D eigenvalue weighted by molar-refractivity contribution is -0.368. The van der Waals surface area contributed by atoms with Crippen LogP contribution in [0, 0.1) is 0 Å². The summed E-state index contributed by atoms with van der Waals surface area (Å²) >= 11 is 0. The molecule has 0 aromatic rings. The maximum Gasteiger partial charge on any atom is 0.0593 e. The van der Waals surface area contributed by atoms with Crippen molar-refractivity contribution in [2.75, 3.05) is 59.6 Å². The van der Waals surface area contributed by atoms with Crippen molar-refractivity contribution in [3.8, 4) is 0 Å². The second-order valence-electron chi connectivity index (χ2n) is 4.17. The Morgan fingerprint density at radius 1 is 1.07 bits per heavy atom. The second kappa shape index (κ2) is 8.05. The molecule has 0 aliphatic carbocycles. The number of piperazine rings is 1. The van der Waals surface area contributed by atoms with E-state index in [2.05, 4.69) is 16.8 Å². The minimum Gasteiger partial charge on any atom is -0.854 e. The van der Waals surface area contributed by atoms with E-state index in [4.69, 9.17) is 4.74 Å². The van der Waals surface area contributed by atoms with Crippen LogP contribution in [0.3, 0.4) is 0 Å². The maximum absolute atomic E-state index is 10.2. The molecule has 0 aromatic heterocycles. The number of nitrogens with zero attached hydrogens (tertiary/aromatic N) is 2. The van der Waals surface area contributed by atoms with Crippen LogP contribution in [0.2, 0.25) is 0 Å². The van der Waals surface area contributed by atoms with E-state index < -0.39 is 0 Å². The van der Waals surface area contributed by atoms with Crippen molar-refractivity contribution in [2.45, 2.75) is 12.8 Å². The highest BCUT2D eigenvalue weighted by atomic mass is 16.5.